The zero-order valence-electron chi connectivity index (χ0n) is 23.4. The fraction of sp³-hybridized carbons (Fsp3) is 0.524. The molecule has 10 atom stereocenters. The summed E-state index contributed by atoms with van der Waals surface area (Å²) in [6.45, 7) is -1.79. The summed E-state index contributed by atoms with van der Waals surface area (Å²) in [5, 5.41) is 41.6. The Morgan fingerprint density at radius 3 is 2.13 bits per heavy atom. The van der Waals surface area contributed by atoms with Crippen LogP contribution in [-0.4, -0.2) is 146 Å². The number of imidazole rings is 1. The zero-order valence-corrected chi connectivity index (χ0v) is 27.2. The van der Waals surface area contributed by atoms with E-state index in [0.29, 0.717) is 0 Å². The van der Waals surface area contributed by atoms with Gasteiger partial charge in [-0.25, -0.2) is 24.1 Å². The number of rotatable bonds is 11. The first-order chi connectivity index (χ1) is 20.7. The van der Waals surface area contributed by atoms with Gasteiger partial charge in [-0.15, -0.1) is 0 Å². The van der Waals surface area contributed by atoms with Crippen molar-refractivity contribution in [3.8, 4) is 0 Å². The number of phosphoric ester groups is 2. The van der Waals surface area contributed by atoms with Crippen LogP contribution in [0.2, 0.25) is 0 Å². The van der Waals surface area contributed by atoms with Crippen LogP contribution in [-0.2, 0) is 36.8 Å². The van der Waals surface area contributed by atoms with Crippen LogP contribution in [0, 0.1) is 0 Å². The molecule has 0 aromatic carbocycles. The second-order valence-corrected chi connectivity index (χ2v) is 12.9. The molecule has 21 nitrogen and oxygen atoms in total. The van der Waals surface area contributed by atoms with Gasteiger partial charge in [-0.1, -0.05) is 6.08 Å². The van der Waals surface area contributed by atoms with Crippen molar-refractivity contribution in [3.05, 3.63) is 36.7 Å². The van der Waals surface area contributed by atoms with Crippen molar-refractivity contribution in [2.75, 3.05) is 18.9 Å². The number of nitrogens with two attached hydrogens (primary N) is 2. The normalized spacial score (nSPS) is 32.6. The van der Waals surface area contributed by atoms with Gasteiger partial charge in [0.2, 0.25) is 5.91 Å². The number of amides is 1. The number of carbonyl (C=O) groups is 1. The fourth-order valence-electron chi connectivity index (χ4n) is 4.68. The first-order valence-corrected chi connectivity index (χ1v) is 15.7. The Morgan fingerprint density at radius 2 is 1.53 bits per heavy atom. The third-order valence-electron chi connectivity index (χ3n) is 6.88. The standard InChI is InChI=1S/C21H29N7O14P2.Na/c22-17-12-19(25-7-24-17)28(8-26-12)21-16(32)14(30)11(41-21)6-39-44(36,37)42-43(34,35)38-5-10-13(29)15(31)20(40-10)27-3-1-2-9(4-27)18(23)33;/h1,3-4,7-8,10-11,13-16,20-21,29-32H,2,5-6H2,(H2,23,33)(H,34,35)(H,36,37)(H2,22,24,25);. The van der Waals surface area contributed by atoms with E-state index in [-0.39, 0.29) is 58.5 Å². The van der Waals surface area contributed by atoms with Gasteiger partial charge in [0.1, 0.15) is 48.5 Å². The molecule has 2 fully saturated rings. The number of nitrogen functional groups attached to an aromatic ring is 1. The molecular formula is C21H29N7NaO14P2. The van der Waals surface area contributed by atoms with E-state index in [0.717, 1.165) is 6.33 Å². The first-order valence-electron chi connectivity index (χ1n) is 12.7. The number of aliphatic hydroxyl groups is 4. The average molecular weight is 688 g/mol. The van der Waals surface area contributed by atoms with Crippen molar-refractivity contribution in [2.45, 2.75) is 55.5 Å². The minimum atomic E-state index is -5.37. The van der Waals surface area contributed by atoms with E-state index >= 15 is 0 Å². The van der Waals surface area contributed by atoms with Crippen LogP contribution in [0.4, 0.5) is 5.82 Å². The quantitative estimate of drug-likeness (QED) is 0.0857. The van der Waals surface area contributed by atoms with Gasteiger partial charge in [-0.2, -0.15) is 4.31 Å². The number of carbonyl (C=O) groups excluding carboxylic acids is 1. The predicted molar refractivity (Wildman–Crippen MR) is 148 cm³/mol. The minimum absolute atomic E-state index is 0. The molecule has 10 N–H and O–H groups in total. The molecule has 3 aliphatic rings. The molecule has 45 heavy (non-hydrogen) atoms. The Morgan fingerprint density at radius 1 is 0.956 bits per heavy atom. The topological polar surface area (TPSA) is 318 Å². The maximum atomic E-state index is 12.4. The Hall–Kier alpha value is -1.88. The summed E-state index contributed by atoms with van der Waals surface area (Å²) in [4.78, 5) is 44.6. The molecule has 1 amide bonds. The smallest absolute Gasteiger partial charge is 0.387 e. The van der Waals surface area contributed by atoms with E-state index in [2.05, 4.69) is 19.3 Å². The second kappa shape index (κ2) is 14.1. The first kappa shape index (κ1) is 36.0. The summed E-state index contributed by atoms with van der Waals surface area (Å²) >= 11 is 0. The fourth-order valence-corrected chi connectivity index (χ4v) is 6.77. The van der Waals surface area contributed by atoms with Crippen LogP contribution in [0.15, 0.2) is 36.7 Å². The minimum Gasteiger partial charge on any atom is -0.387 e. The summed E-state index contributed by atoms with van der Waals surface area (Å²) < 4.78 is 50.8. The van der Waals surface area contributed by atoms with E-state index in [1.807, 2.05) is 0 Å². The van der Waals surface area contributed by atoms with Gasteiger partial charge in [0.05, 0.1) is 19.5 Å². The Labute approximate surface area is 275 Å². The molecule has 2 aromatic rings. The number of ether oxygens (including phenoxy) is 2. The van der Waals surface area contributed by atoms with Gasteiger partial charge in [0.25, 0.3) is 0 Å². The van der Waals surface area contributed by atoms with Gasteiger partial charge in [-0.3, -0.25) is 18.4 Å². The molecule has 10 unspecified atom stereocenters. The molecule has 0 saturated carbocycles. The van der Waals surface area contributed by atoms with Gasteiger partial charge in [0.15, 0.2) is 23.9 Å². The summed E-state index contributed by atoms with van der Waals surface area (Å²) in [5.41, 5.74) is 11.6. The van der Waals surface area contributed by atoms with E-state index in [9.17, 15) is 44.1 Å². The molecule has 5 heterocycles. The second-order valence-electron chi connectivity index (χ2n) is 9.84. The van der Waals surface area contributed by atoms with Crippen LogP contribution in [0.3, 0.4) is 0 Å². The van der Waals surface area contributed by atoms with Crippen LogP contribution in [0.1, 0.15) is 12.6 Å². The van der Waals surface area contributed by atoms with Crippen LogP contribution in [0.25, 0.3) is 11.2 Å². The third-order valence-corrected chi connectivity index (χ3v) is 9.48. The van der Waals surface area contributed by atoms with E-state index in [1.165, 1.54) is 28.2 Å². The Balaban J connectivity index is 0.00000461. The van der Waals surface area contributed by atoms with Crippen molar-refractivity contribution < 1.29 is 67.0 Å². The van der Waals surface area contributed by atoms with Crippen molar-refractivity contribution in [1.29, 1.82) is 0 Å². The maximum Gasteiger partial charge on any atom is 0.481 e. The summed E-state index contributed by atoms with van der Waals surface area (Å²) in [5.74, 6) is -0.658. The van der Waals surface area contributed by atoms with Gasteiger partial charge in [0, 0.05) is 47.5 Å². The molecule has 24 heteroatoms. The number of phosphoric acid groups is 2. The van der Waals surface area contributed by atoms with Crippen LogP contribution < -0.4 is 11.5 Å². The predicted octanol–water partition coefficient (Wildman–Crippen LogP) is -3.07. The molecular weight excluding hydrogens is 659 g/mol. The number of hydrogen-bond donors (Lipinski definition) is 8. The van der Waals surface area contributed by atoms with Crippen LogP contribution in [0.5, 0.6) is 0 Å². The molecule has 0 spiro atoms. The van der Waals surface area contributed by atoms with Gasteiger partial charge in [-0.05, 0) is 6.42 Å². The molecule has 2 saturated heterocycles. The SMILES string of the molecule is NC(=O)C1=CN(C2OC(COP(=O)(O)OP(=O)(O)OCC3OC(n4cnc5c(N)ncnc54)C(O)C3O)C(O)C2O)C=CC1.[Na]. The van der Waals surface area contributed by atoms with E-state index < -0.39 is 83.8 Å². The molecule has 243 valence electrons. The number of anilines is 1. The van der Waals surface area contributed by atoms with Crippen molar-refractivity contribution in [3.63, 3.8) is 0 Å². The van der Waals surface area contributed by atoms with E-state index in [4.69, 9.17) is 30.0 Å². The number of primary amides is 1. The number of aromatic nitrogens is 4. The summed E-state index contributed by atoms with van der Waals surface area (Å²) in [6.07, 6.45) is -4.88. The molecule has 0 bridgehead atoms. The number of hydrogen-bond acceptors (Lipinski definition) is 17. The van der Waals surface area contributed by atoms with Crippen LogP contribution >= 0.6 is 15.6 Å². The zero-order chi connectivity index (χ0) is 32.0. The summed E-state index contributed by atoms with van der Waals surface area (Å²) in [6, 6.07) is 0. The molecule has 0 aliphatic carbocycles. The molecule has 3 aliphatic heterocycles. The van der Waals surface area contributed by atoms with Gasteiger partial charge < -0.3 is 56.1 Å². The summed E-state index contributed by atoms with van der Waals surface area (Å²) in [7, 11) is -10.7. The maximum absolute atomic E-state index is 12.4. The molecule has 1 radical (unpaired) electrons. The monoisotopic (exact) mass is 688 g/mol. The number of nitrogens with zero attached hydrogens (tertiary/aromatic N) is 5. The number of fused-ring (bicyclic) bond motifs is 1. The molecule has 5 rings (SSSR count). The van der Waals surface area contributed by atoms with Crippen molar-refractivity contribution in [2.24, 2.45) is 5.73 Å². The van der Waals surface area contributed by atoms with E-state index in [1.54, 1.807) is 6.08 Å². The Bertz CT molecular complexity index is 1560. The number of allylic oxidation sites excluding steroid dienone is 1. The Kier molecular flexibility index (Phi) is 11.3. The number of aliphatic hydroxyl groups excluding tert-OH is 4. The largest absolute Gasteiger partial charge is 0.481 e. The average Bonchev–Trinajstić information content (AvgIpc) is 3.61. The third kappa shape index (κ3) is 7.82. The molecule has 2 aromatic heterocycles. The van der Waals surface area contributed by atoms with Crippen molar-refractivity contribution >= 4 is 68.1 Å². The van der Waals surface area contributed by atoms with Crippen molar-refractivity contribution in [1.82, 2.24) is 24.4 Å². The van der Waals surface area contributed by atoms with Gasteiger partial charge >= 0.3 is 15.6 Å².